The molecule has 0 saturated carbocycles. The third-order valence-corrected chi connectivity index (χ3v) is 7.04. The Hall–Kier alpha value is -4.72. The number of carbonyl (C=O) groups excluding carboxylic acids is 1. The number of rotatable bonds is 9. The van der Waals surface area contributed by atoms with Gasteiger partial charge in [-0.1, -0.05) is 86.6 Å². The molecule has 5 rings (SSSR count). The Bertz CT molecular complexity index is 1700. The Morgan fingerprint density at radius 3 is 2.08 bits per heavy atom. The van der Waals surface area contributed by atoms with Crippen LogP contribution < -0.4 is 16.6 Å². The van der Waals surface area contributed by atoms with Gasteiger partial charge in [-0.15, -0.1) is 0 Å². The molecule has 1 N–H and O–H groups in total. The van der Waals surface area contributed by atoms with E-state index in [0.717, 1.165) is 22.1 Å². The molecule has 0 aliphatic rings. The van der Waals surface area contributed by atoms with Gasteiger partial charge in [-0.3, -0.25) is 14.2 Å². The van der Waals surface area contributed by atoms with Gasteiger partial charge in [-0.05, 0) is 41.2 Å². The number of anilines is 1. The average molecular weight is 522 g/mol. The van der Waals surface area contributed by atoms with Crippen LogP contribution in [0.15, 0.2) is 101 Å². The zero-order valence-corrected chi connectivity index (χ0v) is 22.1. The zero-order chi connectivity index (χ0) is 27.4. The van der Waals surface area contributed by atoms with Crippen molar-refractivity contribution in [2.75, 3.05) is 5.32 Å². The molecule has 0 fully saturated rings. The third-order valence-electron chi connectivity index (χ3n) is 7.04. The van der Waals surface area contributed by atoms with Crippen LogP contribution in [0.4, 0.5) is 5.69 Å². The smallest absolute Gasteiger partial charge is 0.325 e. The molecule has 8 heteroatoms. The molecular formula is C31H31N5O3. The van der Waals surface area contributed by atoms with E-state index in [1.807, 2.05) is 84.9 Å². The fourth-order valence-corrected chi connectivity index (χ4v) is 4.66. The highest BCUT2D eigenvalue weighted by atomic mass is 16.2. The average Bonchev–Trinajstić information content (AvgIpc) is 3.38. The monoisotopic (exact) mass is 521 g/mol. The molecule has 0 bridgehead atoms. The van der Waals surface area contributed by atoms with Gasteiger partial charge in [0.25, 0.3) is 5.56 Å². The molecule has 0 radical (unpaired) electrons. The fourth-order valence-electron chi connectivity index (χ4n) is 4.66. The predicted molar refractivity (Wildman–Crippen MR) is 153 cm³/mol. The van der Waals surface area contributed by atoms with Gasteiger partial charge in [-0.2, -0.15) is 0 Å². The van der Waals surface area contributed by atoms with Crippen LogP contribution in [0, 0.1) is 0 Å². The lowest BCUT2D eigenvalue weighted by atomic mass is 9.99. The van der Waals surface area contributed by atoms with Gasteiger partial charge in [0.1, 0.15) is 6.54 Å². The highest BCUT2D eigenvalue weighted by molar-refractivity contribution is 5.90. The number of fused-ring (bicyclic) bond motifs is 1. The first kappa shape index (κ1) is 25.9. The van der Waals surface area contributed by atoms with Gasteiger partial charge < -0.3 is 9.88 Å². The van der Waals surface area contributed by atoms with E-state index in [9.17, 15) is 14.4 Å². The minimum Gasteiger partial charge on any atom is -0.325 e. The summed E-state index contributed by atoms with van der Waals surface area (Å²) < 4.78 is 4.19. The van der Waals surface area contributed by atoms with Crippen LogP contribution >= 0.6 is 0 Å². The number of nitrogens with zero attached hydrogens (tertiary/aromatic N) is 4. The van der Waals surface area contributed by atoms with Crippen LogP contribution in [0.3, 0.4) is 0 Å². The maximum atomic E-state index is 13.7. The number of hydrogen-bond acceptors (Lipinski definition) is 4. The molecule has 1 amide bonds. The number of carbonyl (C=O) groups is 1. The summed E-state index contributed by atoms with van der Waals surface area (Å²) in [4.78, 5) is 44.8. The molecule has 1 atom stereocenters. The second-order valence-electron chi connectivity index (χ2n) is 9.76. The minimum absolute atomic E-state index is 0.220. The number of benzene rings is 3. The predicted octanol–water partition coefficient (Wildman–Crippen LogP) is 4.61. The minimum atomic E-state index is -0.580. The maximum absolute atomic E-state index is 13.7. The van der Waals surface area contributed by atoms with Crippen LogP contribution in [-0.4, -0.2) is 24.6 Å². The van der Waals surface area contributed by atoms with E-state index < -0.39 is 23.7 Å². The summed E-state index contributed by atoms with van der Waals surface area (Å²) in [5.74, 6) is -0.0332. The molecule has 0 aliphatic heterocycles. The second kappa shape index (κ2) is 11.3. The lowest BCUT2D eigenvalue weighted by Crippen LogP contribution is -2.43. The van der Waals surface area contributed by atoms with Crippen LogP contribution in [0.2, 0.25) is 0 Å². The first-order valence-corrected chi connectivity index (χ1v) is 13.1. The van der Waals surface area contributed by atoms with Crippen molar-refractivity contribution in [3.8, 4) is 0 Å². The number of nitrogens with one attached hydrogen (secondary N) is 1. The molecule has 1 unspecified atom stereocenters. The molecule has 0 spiro atoms. The third kappa shape index (κ3) is 5.60. The Balaban J connectivity index is 1.52. The standard InChI is InChI=1S/C31H31N5O3/c1-3-22(2)25-14-16-26(17-15-25)33-27(37)20-36-30(38)28-29(32-21-34(28)18-23-10-6-4-7-11-23)35(31(36)39)19-24-12-8-5-9-13-24/h4-17,21-22H,3,18-20H2,1-2H3,(H,33,37). The van der Waals surface area contributed by atoms with Crippen molar-refractivity contribution in [3.63, 3.8) is 0 Å². The lowest BCUT2D eigenvalue weighted by molar-refractivity contribution is -0.116. The number of aromatic nitrogens is 4. The first-order chi connectivity index (χ1) is 18.9. The SMILES string of the molecule is CCC(C)c1ccc(NC(=O)Cn2c(=O)c3c(ncn3Cc3ccccc3)n(Cc3ccccc3)c2=O)cc1. The van der Waals surface area contributed by atoms with Gasteiger partial charge in [0.15, 0.2) is 11.2 Å². The van der Waals surface area contributed by atoms with E-state index in [1.165, 1.54) is 10.1 Å². The molecule has 8 nitrogen and oxygen atoms in total. The van der Waals surface area contributed by atoms with Gasteiger partial charge in [0, 0.05) is 12.2 Å². The molecule has 0 saturated heterocycles. The van der Waals surface area contributed by atoms with Gasteiger partial charge in [0.2, 0.25) is 5.91 Å². The molecule has 3 aromatic carbocycles. The van der Waals surface area contributed by atoms with E-state index in [0.29, 0.717) is 23.8 Å². The Kier molecular flexibility index (Phi) is 7.54. The summed E-state index contributed by atoms with van der Waals surface area (Å²) >= 11 is 0. The van der Waals surface area contributed by atoms with Gasteiger partial charge in [0.05, 0.1) is 12.9 Å². The normalized spacial score (nSPS) is 11.9. The molecule has 5 aromatic rings. The molecule has 39 heavy (non-hydrogen) atoms. The van der Waals surface area contributed by atoms with Crippen LogP contribution in [0.1, 0.15) is 42.9 Å². The van der Waals surface area contributed by atoms with E-state index in [2.05, 4.69) is 24.1 Å². The Morgan fingerprint density at radius 1 is 0.846 bits per heavy atom. The summed E-state index contributed by atoms with van der Waals surface area (Å²) in [5.41, 5.74) is 3.12. The van der Waals surface area contributed by atoms with Gasteiger partial charge >= 0.3 is 5.69 Å². The van der Waals surface area contributed by atoms with Crippen molar-refractivity contribution in [1.29, 1.82) is 0 Å². The van der Waals surface area contributed by atoms with E-state index in [1.54, 1.807) is 10.9 Å². The van der Waals surface area contributed by atoms with Crippen molar-refractivity contribution in [3.05, 3.63) is 129 Å². The summed E-state index contributed by atoms with van der Waals surface area (Å²) in [6, 6.07) is 26.9. The summed E-state index contributed by atoms with van der Waals surface area (Å²) in [5, 5.41) is 2.83. The van der Waals surface area contributed by atoms with Crippen molar-refractivity contribution in [1.82, 2.24) is 18.7 Å². The molecular weight excluding hydrogens is 490 g/mol. The summed E-state index contributed by atoms with van der Waals surface area (Å²) in [6.07, 6.45) is 2.59. The zero-order valence-electron chi connectivity index (χ0n) is 22.1. The number of imidazole rings is 1. The molecule has 0 aliphatic carbocycles. The van der Waals surface area contributed by atoms with Crippen molar-refractivity contribution in [2.45, 2.75) is 45.8 Å². The maximum Gasteiger partial charge on any atom is 0.333 e. The Labute approximate surface area is 226 Å². The van der Waals surface area contributed by atoms with Gasteiger partial charge in [-0.25, -0.2) is 14.3 Å². The highest BCUT2D eigenvalue weighted by Gasteiger charge is 2.20. The first-order valence-electron chi connectivity index (χ1n) is 13.1. The fraction of sp³-hybridized carbons (Fsp3) is 0.226. The topological polar surface area (TPSA) is 90.9 Å². The number of amides is 1. The van der Waals surface area contributed by atoms with E-state index in [4.69, 9.17) is 0 Å². The highest BCUT2D eigenvalue weighted by Crippen LogP contribution is 2.20. The van der Waals surface area contributed by atoms with Crippen molar-refractivity contribution < 1.29 is 4.79 Å². The molecule has 2 heterocycles. The largest absolute Gasteiger partial charge is 0.333 e. The molecule has 2 aromatic heterocycles. The lowest BCUT2D eigenvalue weighted by Gasteiger charge is -2.14. The van der Waals surface area contributed by atoms with Crippen LogP contribution in [0.25, 0.3) is 11.2 Å². The summed E-state index contributed by atoms with van der Waals surface area (Å²) in [6.45, 7) is 4.50. The summed E-state index contributed by atoms with van der Waals surface area (Å²) in [7, 11) is 0. The number of hydrogen-bond donors (Lipinski definition) is 1. The van der Waals surface area contributed by atoms with Crippen LogP contribution in [0.5, 0.6) is 0 Å². The van der Waals surface area contributed by atoms with E-state index >= 15 is 0 Å². The van der Waals surface area contributed by atoms with Crippen molar-refractivity contribution in [2.24, 2.45) is 0 Å². The quantitative estimate of drug-likeness (QED) is 0.307. The Morgan fingerprint density at radius 2 is 1.46 bits per heavy atom. The molecule has 198 valence electrons. The van der Waals surface area contributed by atoms with Crippen LogP contribution in [-0.2, 0) is 24.4 Å². The van der Waals surface area contributed by atoms with Crippen molar-refractivity contribution >= 4 is 22.8 Å². The van der Waals surface area contributed by atoms with E-state index in [-0.39, 0.29) is 12.1 Å². The second-order valence-corrected chi connectivity index (χ2v) is 9.76.